The standard InChI is InChI=1S/C30H32FNO4/c1-2-3-5-10-21-15-27(31)26(29(34)16-21)19-32-18-23(25-13-8-9-14-28(25)32)17-24(33)20-36-30(35)22-11-6-4-7-12-22/h4,6-9,11-16,18,24,33-34H,2-3,5,10,17,19-20H2,1H3/t24-/m0/s1. The fourth-order valence-electron chi connectivity index (χ4n) is 4.49. The first-order valence-corrected chi connectivity index (χ1v) is 12.4. The minimum absolute atomic E-state index is 0.0475. The number of esters is 1. The molecule has 1 aromatic heterocycles. The lowest BCUT2D eigenvalue weighted by atomic mass is 10.0. The van der Waals surface area contributed by atoms with Crippen molar-refractivity contribution in [2.75, 3.05) is 6.61 Å². The molecule has 6 heteroatoms. The minimum atomic E-state index is -0.899. The molecule has 4 rings (SSSR count). The third-order valence-corrected chi connectivity index (χ3v) is 6.37. The number of aromatic hydroxyl groups is 1. The van der Waals surface area contributed by atoms with Crippen molar-refractivity contribution < 1.29 is 24.1 Å². The number of hydrogen-bond donors (Lipinski definition) is 2. The van der Waals surface area contributed by atoms with Gasteiger partial charge in [0.15, 0.2) is 0 Å². The molecular formula is C30H32FNO4. The minimum Gasteiger partial charge on any atom is -0.507 e. The van der Waals surface area contributed by atoms with Crippen molar-refractivity contribution in [3.05, 3.63) is 101 Å². The molecule has 5 nitrogen and oxygen atoms in total. The molecule has 0 amide bonds. The zero-order valence-corrected chi connectivity index (χ0v) is 20.5. The average Bonchev–Trinajstić information content (AvgIpc) is 3.22. The molecule has 0 aliphatic heterocycles. The van der Waals surface area contributed by atoms with Crippen LogP contribution in [0.1, 0.15) is 53.2 Å². The van der Waals surface area contributed by atoms with Gasteiger partial charge in [0.25, 0.3) is 0 Å². The van der Waals surface area contributed by atoms with Crippen LogP contribution in [0.4, 0.5) is 4.39 Å². The van der Waals surface area contributed by atoms with Crippen molar-refractivity contribution in [2.24, 2.45) is 0 Å². The summed E-state index contributed by atoms with van der Waals surface area (Å²) >= 11 is 0. The molecule has 2 N–H and O–H groups in total. The number of ether oxygens (including phenoxy) is 1. The highest BCUT2D eigenvalue weighted by Gasteiger charge is 2.17. The summed E-state index contributed by atoms with van der Waals surface area (Å²) < 4.78 is 22.1. The van der Waals surface area contributed by atoms with Crippen LogP contribution in [-0.2, 0) is 24.1 Å². The second-order valence-corrected chi connectivity index (χ2v) is 9.15. The van der Waals surface area contributed by atoms with E-state index < -0.39 is 17.9 Å². The molecule has 4 aromatic rings. The van der Waals surface area contributed by atoms with Crippen molar-refractivity contribution in [3.63, 3.8) is 0 Å². The number of unbranched alkanes of at least 4 members (excludes halogenated alkanes) is 2. The molecule has 0 saturated carbocycles. The second-order valence-electron chi connectivity index (χ2n) is 9.15. The van der Waals surface area contributed by atoms with Crippen LogP contribution in [0.2, 0.25) is 0 Å². The summed E-state index contributed by atoms with van der Waals surface area (Å²) in [7, 11) is 0. The third-order valence-electron chi connectivity index (χ3n) is 6.37. The number of aromatic nitrogens is 1. The highest BCUT2D eigenvalue weighted by Crippen LogP contribution is 2.29. The number of hydrogen-bond acceptors (Lipinski definition) is 4. The van der Waals surface area contributed by atoms with E-state index in [1.165, 1.54) is 6.07 Å². The number of carbonyl (C=O) groups is 1. The van der Waals surface area contributed by atoms with E-state index in [9.17, 15) is 19.4 Å². The monoisotopic (exact) mass is 489 g/mol. The molecule has 36 heavy (non-hydrogen) atoms. The van der Waals surface area contributed by atoms with Gasteiger partial charge in [0, 0.05) is 29.1 Å². The topological polar surface area (TPSA) is 71.7 Å². The van der Waals surface area contributed by atoms with Crippen LogP contribution in [-0.4, -0.2) is 33.5 Å². The zero-order chi connectivity index (χ0) is 25.5. The number of para-hydroxylation sites is 1. The maximum Gasteiger partial charge on any atom is 0.338 e. The van der Waals surface area contributed by atoms with Gasteiger partial charge in [-0.15, -0.1) is 0 Å². The van der Waals surface area contributed by atoms with Crippen molar-refractivity contribution in [1.82, 2.24) is 4.57 Å². The van der Waals surface area contributed by atoms with Crippen molar-refractivity contribution in [3.8, 4) is 5.75 Å². The first kappa shape index (κ1) is 25.5. The number of aryl methyl sites for hydroxylation is 1. The predicted molar refractivity (Wildman–Crippen MR) is 139 cm³/mol. The van der Waals surface area contributed by atoms with Crippen LogP contribution in [0, 0.1) is 5.82 Å². The Balaban J connectivity index is 1.49. The number of phenolic OH excluding ortho intramolecular Hbond substituents is 1. The summed E-state index contributed by atoms with van der Waals surface area (Å²) in [6.45, 7) is 2.14. The molecule has 188 valence electrons. The van der Waals surface area contributed by atoms with Crippen LogP contribution < -0.4 is 0 Å². The summed E-state index contributed by atoms with van der Waals surface area (Å²) in [5, 5.41) is 22.1. The quantitative estimate of drug-likeness (QED) is 0.199. The lowest BCUT2D eigenvalue weighted by molar-refractivity contribution is 0.0259. The van der Waals surface area contributed by atoms with Gasteiger partial charge in [0.1, 0.15) is 18.2 Å². The molecule has 0 fully saturated rings. The van der Waals surface area contributed by atoms with E-state index in [2.05, 4.69) is 6.92 Å². The van der Waals surface area contributed by atoms with Crippen molar-refractivity contribution in [1.29, 1.82) is 0 Å². The molecular weight excluding hydrogens is 457 g/mol. The van der Waals surface area contributed by atoms with Gasteiger partial charge in [0.2, 0.25) is 0 Å². The molecule has 0 aliphatic carbocycles. The number of aliphatic hydroxyl groups excluding tert-OH is 1. The fourth-order valence-corrected chi connectivity index (χ4v) is 4.49. The van der Waals surface area contributed by atoms with E-state index in [0.717, 1.165) is 47.7 Å². The Bertz CT molecular complexity index is 1290. The molecule has 1 heterocycles. The first-order chi connectivity index (χ1) is 17.5. The molecule has 0 aliphatic rings. The Morgan fingerprint density at radius 2 is 1.81 bits per heavy atom. The van der Waals surface area contributed by atoms with Gasteiger partial charge < -0.3 is 19.5 Å². The number of fused-ring (bicyclic) bond motifs is 1. The number of rotatable bonds is 11. The smallest absolute Gasteiger partial charge is 0.338 e. The van der Waals surface area contributed by atoms with Crippen LogP contribution in [0.15, 0.2) is 72.9 Å². The van der Waals surface area contributed by atoms with E-state index in [0.29, 0.717) is 5.56 Å². The van der Waals surface area contributed by atoms with Crippen LogP contribution in [0.5, 0.6) is 5.75 Å². The molecule has 0 radical (unpaired) electrons. The van der Waals surface area contributed by atoms with Gasteiger partial charge in [-0.3, -0.25) is 0 Å². The Hall–Kier alpha value is -3.64. The number of halogens is 1. The summed E-state index contributed by atoms with van der Waals surface area (Å²) in [4.78, 5) is 12.2. The number of phenols is 1. The maximum absolute atomic E-state index is 15.0. The number of nitrogens with zero attached hydrogens (tertiary/aromatic N) is 1. The molecule has 0 spiro atoms. The second kappa shape index (κ2) is 11.9. The summed E-state index contributed by atoms with van der Waals surface area (Å²) in [5.41, 5.74) is 3.18. The number of carbonyl (C=O) groups excluding carboxylic acids is 1. The maximum atomic E-state index is 15.0. The Morgan fingerprint density at radius 3 is 2.56 bits per heavy atom. The summed E-state index contributed by atoms with van der Waals surface area (Å²) in [6.07, 6.45) is 5.08. The highest BCUT2D eigenvalue weighted by atomic mass is 19.1. The average molecular weight is 490 g/mol. The van der Waals surface area contributed by atoms with Crippen LogP contribution in [0.3, 0.4) is 0 Å². The normalized spacial score (nSPS) is 12.1. The highest BCUT2D eigenvalue weighted by molar-refractivity contribution is 5.89. The molecule has 0 saturated heterocycles. The largest absolute Gasteiger partial charge is 0.507 e. The number of aliphatic hydroxyl groups is 1. The Labute approximate surface area is 210 Å². The van der Waals surface area contributed by atoms with Gasteiger partial charge >= 0.3 is 5.97 Å². The summed E-state index contributed by atoms with van der Waals surface area (Å²) in [6, 6.07) is 19.5. The van der Waals surface area contributed by atoms with Crippen LogP contribution in [0.25, 0.3) is 10.9 Å². The van der Waals surface area contributed by atoms with Gasteiger partial charge in [-0.25, -0.2) is 9.18 Å². The predicted octanol–water partition coefficient (Wildman–Crippen LogP) is 6.03. The van der Waals surface area contributed by atoms with Crippen LogP contribution >= 0.6 is 0 Å². The Kier molecular flexibility index (Phi) is 8.39. The molecule has 1 atom stereocenters. The first-order valence-electron chi connectivity index (χ1n) is 12.4. The van der Waals surface area contributed by atoms with Gasteiger partial charge in [-0.2, -0.15) is 0 Å². The van der Waals surface area contributed by atoms with E-state index in [1.54, 1.807) is 30.3 Å². The van der Waals surface area contributed by atoms with Gasteiger partial charge in [-0.1, -0.05) is 56.2 Å². The van der Waals surface area contributed by atoms with E-state index in [4.69, 9.17) is 4.74 Å². The lowest BCUT2D eigenvalue weighted by Crippen LogP contribution is -2.20. The van der Waals surface area contributed by atoms with E-state index >= 15 is 0 Å². The van der Waals surface area contributed by atoms with Gasteiger partial charge in [-0.05, 0) is 54.3 Å². The zero-order valence-electron chi connectivity index (χ0n) is 20.5. The SMILES string of the molecule is CCCCCc1cc(O)c(Cn2cc(C[C@H](O)COC(=O)c3ccccc3)c3ccccc32)c(F)c1. The lowest BCUT2D eigenvalue weighted by Gasteiger charge is -2.12. The molecule has 3 aromatic carbocycles. The van der Waals surface area contributed by atoms with E-state index in [1.807, 2.05) is 41.1 Å². The summed E-state index contributed by atoms with van der Waals surface area (Å²) in [5.74, 6) is -0.955. The van der Waals surface area contributed by atoms with Crippen molar-refractivity contribution in [2.45, 2.75) is 51.7 Å². The molecule has 0 unspecified atom stereocenters. The fraction of sp³-hybridized carbons (Fsp3) is 0.300. The van der Waals surface area contributed by atoms with E-state index in [-0.39, 0.29) is 30.9 Å². The molecule has 0 bridgehead atoms. The third kappa shape index (κ3) is 6.13. The van der Waals surface area contributed by atoms with Gasteiger partial charge in [0.05, 0.1) is 18.2 Å². The van der Waals surface area contributed by atoms with Crippen molar-refractivity contribution >= 4 is 16.9 Å². The number of benzene rings is 3. The Morgan fingerprint density at radius 1 is 1.06 bits per heavy atom.